The van der Waals surface area contributed by atoms with E-state index < -0.39 is 5.91 Å². The predicted octanol–water partition coefficient (Wildman–Crippen LogP) is 2.69. The number of rotatable bonds is 2. The molecule has 5 heteroatoms. The van der Waals surface area contributed by atoms with Crippen LogP contribution in [0.5, 0.6) is 0 Å². The second-order valence-corrected chi connectivity index (χ2v) is 4.74. The minimum Gasteiger partial charge on any atom is -0.349 e. The van der Waals surface area contributed by atoms with Gasteiger partial charge in [0.2, 0.25) is 0 Å². The Balaban J connectivity index is 1.90. The van der Waals surface area contributed by atoms with Gasteiger partial charge in [-0.05, 0) is 18.2 Å². The summed E-state index contributed by atoms with van der Waals surface area (Å²) in [4.78, 5) is 24.2. The van der Waals surface area contributed by atoms with Gasteiger partial charge in [0, 0.05) is 11.6 Å². The molecule has 2 N–H and O–H groups in total. The van der Waals surface area contributed by atoms with Crippen LogP contribution in [0.15, 0.2) is 60.3 Å². The van der Waals surface area contributed by atoms with Gasteiger partial charge in [-0.1, -0.05) is 30.3 Å². The zero-order chi connectivity index (χ0) is 15.5. The summed E-state index contributed by atoms with van der Waals surface area (Å²) in [6.45, 7) is 0. The largest absolute Gasteiger partial charge is 0.349 e. The fourth-order valence-corrected chi connectivity index (χ4v) is 2.14. The smallest absolute Gasteiger partial charge is 0.272 e. The third-order valence-corrected chi connectivity index (χ3v) is 3.24. The van der Waals surface area contributed by atoms with Crippen molar-refractivity contribution in [3.63, 3.8) is 0 Å². The van der Waals surface area contributed by atoms with Crippen molar-refractivity contribution in [1.82, 2.24) is 0 Å². The number of hydrogen-bond acceptors (Lipinski definition) is 4. The highest BCUT2D eigenvalue weighted by molar-refractivity contribution is 6.16. The molecule has 0 aromatic heterocycles. The van der Waals surface area contributed by atoms with Crippen LogP contribution in [0.25, 0.3) is 0 Å². The first-order valence-corrected chi connectivity index (χ1v) is 6.61. The normalized spacial score (nSPS) is 14.5. The number of amides is 1. The van der Waals surface area contributed by atoms with Crippen LogP contribution in [0.4, 0.5) is 11.4 Å². The summed E-state index contributed by atoms with van der Waals surface area (Å²) in [6, 6.07) is 15.6. The molecule has 1 aliphatic rings. The minimum atomic E-state index is -0.410. The first-order chi connectivity index (χ1) is 10.7. The molecule has 0 saturated heterocycles. The van der Waals surface area contributed by atoms with E-state index in [0.717, 1.165) is 0 Å². The molecule has 1 amide bonds. The summed E-state index contributed by atoms with van der Waals surface area (Å²) in [6.07, 6.45) is 1.27. The topological polar surface area (TPSA) is 82.0 Å². The summed E-state index contributed by atoms with van der Waals surface area (Å²) < 4.78 is 0. The molecular weight excluding hydrogens is 278 g/mol. The molecule has 106 valence electrons. The van der Waals surface area contributed by atoms with E-state index in [4.69, 9.17) is 5.26 Å². The molecule has 2 aromatic carbocycles. The number of allylic oxidation sites excluding steroid dienone is 1. The molecule has 1 aliphatic heterocycles. The molecule has 0 atom stereocenters. The Bertz CT molecular complexity index is 833. The van der Waals surface area contributed by atoms with Gasteiger partial charge in [0.25, 0.3) is 5.91 Å². The van der Waals surface area contributed by atoms with Gasteiger partial charge in [-0.2, -0.15) is 5.26 Å². The summed E-state index contributed by atoms with van der Waals surface area (Å²) in [5.41, 5.74) is 2.30. The second kappa shape index (κ2) is 5.54. The van der Waals surface area contributed by atoms with Gasteiger partial charge in [-0.3, -0.25) is 9.59 Å². The number of nitriles is 1. The van der Waals surface area contributed by atoms with Crippen molar-refractivity contribution < 1.29 is 9.59 Å². The maximum absolute atomic E-state index is 12.1. The lowest BCUT2D eigenvalue weighted by atomic mass is 10.1. The predicted molar refractivity (Wildman–Crippen MR) is 82.3 cm³/mol. The average molecular weight is 289 g/mol. The van der Waals surface area contributed by atoms with Crippen molar-refractivity contribution in [2.75, 3.05) is 10.6 Å². The zero-order valence-electron chi connectivity index (χ0n) is 11.5. The van der Waals surface area contributed by atoms with Crippen LogP contribution in [0.2, 0.25) is 0 Å². The number of carbonyl (C=O) groups is 2. The lowest BCUT2D eigenvalue weighted by Crippen LogP contribution is -2.26. The Kier molecular flexibility index (Phi) is 3.42. The van der Waals surface area contributed by atoms with E-state index in [0.29, 0.717) is 22.5 Å². The third-order valence-electron chi connectivity index (χ3n) is 3.24. The molecule has 22 heavy (non-hydrogen) atoms. The highest BCUT2D eigenvalue weighted by Crippen LogP contribution is 2.28. The van der Waals surface area contributed by atoms with Gasteiger partial charge in [0.15, 0.2) is 5.78 Å². The number of anilines is 2. The molecule has 0 unspecified atom stereocenters. The summed E-state index contributed by atoms with van der Waals surface area (Å²) in [5, 5.41) is 14.4. The van der Waals surface area contributed by atoms with Crippen molar-refractivity contribution in [1.29, 1.82) is 5.26 Å². The molecule has 0 fully saturated rings. The maximum atomic E-state index is 12.1. The molecule has 2 aromatic rings. The molecule has 1 heterocycles. The number of ketones is 1. The number of nitrogens with one attached hydrogen (secondary N) is 2. The molecule has 0 aliphatic carbocycles. The lowest BCUT2D eigenvalue weighted by Gasteiger charge is -2.21. The maximum Gasteiger partial charge on any atom is 0.272 e. The van der Waals surface area contributed by atoms with Gasteiger partial charge in [-0.25, -0.2) is 0 Å². The number of carbonyl (C=O) groups excluding carboxylic acids is 2. The monoisotopic (exact) mass is 289 g/mol. The Morgan fingerprint density at radius 1 is 1.05 bits per heavy atom. The van der Waals surface area contributed by atoms with E-state index in [9.17, 15) is 9.59 Å². The molecule has 3 rings (SSSR count). The third kappa shape index (κ3) is 2.58. The molecule has 0 bridgehead atoms. The fraction of sp³-hybridized carbons (Fsp3) is 0. The Hall–Kier alpha value is -3.39. The van der Waals surface area contributed by atoms with Crippen molar-refractivity contribution in [3.8, 4) is 6.07 Å². The quantitative estimate of drug-likeness (QED) is 0.658. The van der Waals surface area contributed by atoms with E-state index in [1.165, 1.54) is 6.08 Å². The summed E-state index contributed by atoms with van der Waals surface area (Å²) in [5.74, 6) is -0.665. The van der Waals surface area contributed by atoms with Crippen LogP contribution in [0.1, 0.15) is 15.9 Å². The number of fused-ring (bicyclic) bond motifs is 1. The van der Waals surface area contributed by atoms with E-state index in [2.05, 4.69) is 10.6 Å². The van der Waals surface area contributed by atoms with Gasteiger partial charge in [0.05, 0.1) is 23.0 Å². The van der Waals surface area contributed by atoms with Crippen molar-refractivity contribution >= 4 is 23.1 Å². The highest BCUT2D eigenvalue weighted by Gasteiger charge is 2.21. The zero-order valence-corrected chi connectivity index (χ0v) is 11.5. The highest BCUT2D eigenvalue weighted by atomic mass is 16.2. The molecular formula is C17H11N3O2. The van der Waals surface area contributed by atoms with Crippen LogP contribution in [-0.4, -0.2) is 11.7 Å². The number of hydrogen-bond donors (Lipinski definition) is 2. The van der Waals surface area contributed by atoms with E-state index in [1.54, 1.807) is 42.5 Å². The first kappa shape index (κ1) is 13.6. The van der Waals surface area contributed by atoms with Crippen molar-refractivity contribution in [3.05, 3.63) is 71.4 Å². The minimum absolute atomic E-state index is 0.172. The van der Waals surface area contributed by atoms with Crippen molar-refractivity contribution in [2.45, 2.75) is 0 Å². The summed E-state index contributed by atoms with van der Waals surface area (Å²) in [7, 11) is 0. The van der Waals surface area contributed by atoms with Crippen LogP contribution < -0.4 is 10.6 Å². The van der Waals surface area contributed by atoms with E-state index >= 15 is 0 Å². The summed E-state index contributed by atoms with van der Waals surface area (Å²) >= 11 is 0. The van der Waals surface area contributed by atoms with Crippen LogP contribution in [0, 0.1) is 11.3 Å². The number of benzene rings is 2. The van der Waals surface area contributed by atoms with E-state index in [-0.39, 0.29) is 11.5 Å². The molecule has 0 radical (unpaired) electrons. The molecule has 0 spiro atoms. The molecule has 0 saturated carbocycles. The number of nitrogens with zero attached hydrogens (tertiary/aromatic N) is 1. The van der Waals surface area contributed by atoms with Crippen LogP contribution in [0.3, 0.4) is 0 Å². The Morgan fingerprint density at radius 3 is 2.55 bits per heavy atom. The van der Waals surface area contributed by atoms with Gasteiger partial charge >= 0.3 is 0 Å². The van der Waals surface area contributed by atoms with Gasteiger partial charge < -0.3 is 10.6 Å². The van der Waals surface area contributed by atoms with Gasteiger partial charge in [0.1, 0.15) is 5.70 Å². The van der Waals surface area contributed by atoms with Crippen LogP contribution in [-0.2, 0) is 4.79 Å². The lowest BCUT2D eigenvalue weighted by molar-refractivity contribution is -0.112. The SMILES string of the molecule is N#Cc1ccc2c(c1)NC(=O)/C(=C/C(=O)c1ccccc1)N2. The fourth-order valence-electron chi connectivity index (χ4n) is 2.14. The van der Waals surface area contributed by atoms with Crippen molar-refractivity contribution in [2.24, 2.45) is 0 Å². The standard InChI is InChI=1S/C17H11N3O2/c18-10-11-6-7-13-14(8-11)20-17(22)15(19-13)9-16(21)12-4-2-1-3-5-12/h1-9,19H,(H,20,22)/b15-9-. The molecule has 5 nitrogen and oxygen atoms in total. The Labute approximate surface area is 126 Å². The average Bonchev–Trinajstić information content (AvgIpc) is 2.56. The Morgan fingerprint density at radius 2 is 1.82 bits per heavy atom. The van der Waals surface area contributed by atoms with E-state index in [1.807, 2.05) is 12.1 Å². The van der Waals surface area contributed by atoms with Crippen LogP contribution >= 0.6 is 0 Å². The second-order valence-electron chi connectivity index (χ2n) is 4.74. The van der Waals surface area contributed by atoms with Gasteiger partial charge in [-0.15, -0.1) is 0 Å². The first-order valence-electron chi connectivity index (χ1n) is 6.61.